The second kappa shape index (κ2) is 16.3. The largest absolute Gasteiger partial charge is 0.508 e. The lowest BCUT2D eigenvalue weighted by atomic mass is 10.0. The van der Waals surface area contributed by atoms with Crippen LogP contribution in [0.4, 0.5) is 0 Å². The minimum Gasteiger partial charge on any atom is -0.508 e. The van der Waals surface area contributed by atoms with Crippen LogP contribution >= 0.6 is 0 Å². The summed E-state index contributed by atoms with van der Waals surface area (Å²) in [6.45, 7) is 0. The Hall–Kier alpha value is -4.73. The first-order chi connectivity index (χ1) is 18.7. The molecule has 1 rings (SSSR count). The minimum atomic E-state index is -1.52. The van der Waals surface area contributed by atoms with Crippen molar-refractivity contribution >= 4 is 41.5 Å². The lowest BCUT2D eigenvalue weighted by Gasteiger charge is -2.25. The summed E-state index contributed by atoms with van der Waals surface area (Å²) in [6.07, 6.45) is -2.64. The lowest BCUT2D eigenvalue weighted by molar-refractivity contribution is -0.142. The Kier molecular flexibility index (Phi) is 13.6. The first kappa shape index (κ1) is 33.3. The molecule has 16 nitrogen and oxygen atoms in total. The molecular weight excluding hydrogens is 534 g/mol. The molecule has 0 radical (unpaired) electrons. The summed E-state index contributed by atoms with van der Waals surface area (Å²) in [5, 5.41) is 43.5. The Morgan fingerprint density at radius 3 is 1.60 bits per heavy atom. The number of phenolic OH excluding ortho intramolecular Hbond substituents is 1. The number of carbonyl (C=O) groups excluding carboxylic acids is 4. The van der Waals surface area contributed by atoms with Crippen LogP contribution in [0.25, 0.3) is 0 Å². The number of benzene rings is 1. The van der Waals surface area contributed by atoms with Gasteiger partial charge in [-0.25, -0.2) is 4.79 Å². The molecule has 4 unspecified atom stereocenters. The molecule has 40 heavy (non-hydrogen) atoms. The average Bonchev–Trinajstić information content (AvgIpc) is 2.87. The van der Waals surface area contributed by atoms with E-state index in [-0.39, 0.29) is 31.4 Å². The van der Waals surface area contributed by atoms with Gasteiger partial charge < -0.3 is 47.8 Å². The van der Waals surface area contributed by atoms with E-state index in [2.05, 4.69) is 16.0 Å². The van der Waals surface area contributed by atoms with Gasteiger partial charge in [0.05, 0.1) is 6.04 Å². The maximum atomic E-state index is 13.0. The summed E-state index contributed by atoms with van der Waals surface area (Å²) in [6, 6.07) is -0.291. The summed E-state index contributed by atoms with van der Waals surface area (Å²) < 4.78 is 0. The standard InChI is InChI=1S/C24H33N5O11/c25-14(5-9-19(32)33)21(36)27-16(7-10-20(34)35)22(37)28-15(6-8-18(26)31)23(38)29-17(24(39)40)11-12-1-3-13(30)4-2-12/h1-4,14-17,30H,5-11,25H2,(H2,26,31)(H,27,36)(H,28,37)(H,29,38)(H,32,33)(H,34,35)(H,39,40). The van der Waals surface area contributed by atoms with Crippen molar-refractivity contribution in [3.63, 3.8) is 0 Å². The third-order valence-electron chi connectivity index (χ3n) is 5.59. The average molecular weight is 568 g/mol. The van der Waals surface area contributed by atoms with Crippen LogP contribution in [-0.2, 0) is 40.0 Å². The van der Waals surface area contributed by atoms with Crippen molar-refractivity contribution in [2.24, 2.45) is 11.5 Å². The van der Waals surface area contributed by atoms with Gasteiger partial charge in [0, 0.05) is 25.7 Å². The number of carboxylic acid groups (broad SMARTS) is 3. The van der Waals surface area contributed by atoms with E-state index in [4.69, 9.17) is 21.7 Å². The molecule has 11 N–H and O–H groups in total. The highest BCUT2D eigenvalue weighted by molar-refractivity contribution is 5.94. The van der Waals surface area contributed by atoms with E-state index in [9.17, 15) is 43.8 Å². The quantitative estimate of drug-likeness (QED) is 0.0913. The zero-order valence-electron chi connectivity index (χ0n) is 21.4. The number of hydrogen-bond donors (Lipinski definition) is 9. The minimum absolute atomic E-state index is 0.0544. The molecule has 4 atom stereocenters. The number of aliphatic carboxylic acids is 3. The smallest absolute Gasteiger partial charge is 0.326 e. The topological polar surface area (TPSA) is 289 Å². The van der Waals surface area contributed by atoms with Crippen LogP contribution in [0.3, 0.4) is 0 Å². The number of nitrogens with two attached hydrogens (primary N) is 2. The highest BCUT2D eigenvalue weighted by Gasteiger charge is 2.31. The molecule has 0 bridgehead atoms. The van der Waals surface area contributed by atoms with Crippen molar-refractivity contribution in [1.29, 1.82) is 0 Å². The number of amides is 4. The number of rotatable bonds is 18. The van der Waals surface area contributed by atoms with Crippen molar-refractivity contribution in [2.45, 2.75) is 69.1 Å². The van der Waals surface area contributed by atoms with Gasteiger partial charge in [-0.05, 0) is 37.0 Å². The van der Waals surface area contributed by atoms with E-state index < -0.39 is 85.0 Å². The summed E-state index contributed by atoms with van der Waals surface area (Å²) in [7, 11) is 0. The summed E-state index contributed by atoms with van der Waals surface area (Å²) >= 11 is 0. The second-order valence-electron chi connectivity index (χ2n) is 8.87. The molecule has 0 aliphatic carbocycles. The van der Waals surface area contributed by atoms with Crippen LogP contribution < -0.4 is 27.4 Å². The Labute approximate surface area is 228 Å². The molecule has 0 fully saturated rings. The Bertz CT molecular complexity index is 1090. The maximum Gasteiger partial charge on any atom is 0.326 e. The van der Waals surface area contributed by atoms with E-state index >= 15 is 0 Å². The fourth-order valence-corrected chi connectivity index (χ4v) is 3.39. The molecule has 220 valence electrons. The molecular formula is C24H33N5O11. The number of carbonyl (C=O) groups is 7. The molecule has 1 aromatic rings. The number of carboxylic acids is 3. The van der Waals surface area contributed by atoms with Crippen LogP contribution in [-0.4, -0.2) is 86.1 Å². The van der Waals surface area contributed by atoms with Crippen molar-refractivity contribution in [3.8, 4) is 5.75 Å². The van der Waals surface area contributed by atoms with Crippen molar-refractivity contribution in [3.05, 3.63) is 29.8 Å². The predicted molar refractivity (Wildman–Crippen MR) is 135 cm³/mol. The van der Waals surface area contributed by atoms with E-state index in [1.165, 1.54) is 24.3 Å². The molecule has 16 heteroatoms. The Balaban J connectivity index is 3.07. The van der Waals surface area contributed by atoms with Gasteiger partial charge in [-0.15, -0.1) is 0 Å². The molecule has 4 amide bonds. The highest BCUT2D eigenvalue weighted by atomic mass is 16.4. The zero-order valence-corrected chi connectivity index (χ0v) is 21.4. The van der Waals surface area contributed by atoms with Gasteiger partial charge in [0.1, 0.15) is 23.9 Å². The molecule has 0 aliphatic rings. The molecule has 0 saturated carbocycles. The molecule has 1 aromatic carbocycles. The third kappa shape index (κ3) is 12.7. The zero-order chi connectivity index (χ0) is 30.4. The number of phenols is 1. The number of hydrogen-bond acceptors (Lipinski definition) is 9. The van der Waals surface area contributed by atoms with Crippen molar-refractivity contribution in [2.75, 3.05) is 0 Å². The first-order valence-corrected chi connectivity index (χ1v) is 12.1. The summed E-state index contributed by atoms with van der Waals surface area (Å²) in [5.74, 6) is -7.78. The number of primary amides is 1. The van der Waals surface area contributed by atoms with Gasteiger partial charge in [-0.1, -0.05) is 12.1 Å². The predicted octanol–water partition coefficient (Wildman–Crippen LogP) is -2.20. The van der Waals surface area contributed by atoms with Gasteiger partial charge >= 0.3 is 17.9 Å². The normalized spacial score (nSPS) is 13.6. The molecule has 0 aromatic heterocycles. The molecule has 0 aliphatic heterocycles. The fourth-order valence-electron chi connectivity index (χ4n) is 3.39. The molecule has 0 spiro atoms. The van der Waals surface area contributed by atoms with Crippen molar-refractivity contribution in [1.82, 2.24) is 16.0 Å². The summed E-state index contributed by atoms with van der Waals surface area (Å²) in [5.41, 5.74) is 11.3. The number of aromatic hydroxyl groups is 1. The Morgan fingerprint density at radius 1 is 0.675 bits per heavy atom. The lowest BCUT2D eigenvalue weighted by Crippen LogP contribution is -2.57. The van der Waals surface area contributed by atoms with Gasteiger partial charge in [0.25, 0.3) is 0 Å². The van der Waals surface area contributed by atoms with Crippen LogP contribution in [0.5, 0.6) is 5.75 Å². The van der Waals surface area contributed by atoms with Crippen LogP contribution in [0.1, 0.15) is 44.1 Å². The second-order valence-corrected chi connectivity index (χ2v) is 8.87. The number of nitrogens with one attached hydrogen (secondary N) is 3. The fraction of sp³-hybridized carbons (Fsp3) is 0.458. The SMILES string of the molecule is NC(=O)CCC(NC(=O)C(CCC(=O)O)NC(=O)C(N)CCC(=O)O)C(=O)NC(Cc1ccc(O)cc1)C(=O)O. The maximum absolute atomic E-state index is 13.0. The van der Waals surface area contributed by atoms with Crippen molar-refractivity contribution < 1.29 is 54.0 Å². The van der Waals surface area contributed by atoms with Crippen LogP contribution in [0, 0.1) is 0 Å². The summed E-state index contributed by atoms with van der Waals surface area (Å²) in [4.78, 5) is 83.3. The van der Waals surface area contributed by atoms with E-state index in [0.717, 1.165) is 0 Å². The highest BCUT2D eigenvalue weighted by Crippen LogP contribution is 2.12. The molecule has 0 saturated heterocycles. The van der Waals surface area contributed by atoms with E-state index in [0.29, 0.717) is 5.56 Å². The van der Waals surface area contributed by atoms with Gasteiger partial charge in [0.15, 0.2) is 0 Å². The van der Waals surface area contributed by atoms with Crippen LogP contribution in [0.2, 0.25) is 0 Å². The van der Waals surface area contributed by atoms with Gasteiger partial charge in [-0.3, -0.25) is 28.8 Å². The first-order valence-electron chi connectivity index (χ1n) is 12.1. The van der Waals surface area contributed by atoms with E-state index in [1.54, 1.807) is 0 Å². The monoisotopic (exact) mass is 567 g/mol. The van der Waals surface area contributed by atoms with Gasteiger partial charge in [0.2, 0.25) is 23.6 Å². The Morgan fingerprint density at radius 2 is 1.12 bits per heavy atom. The van der Waals surface area contributed by atoms with Crippen LogP contribution in [0.15, 0.2) is 24.3 Å². The third-order valence-corrected chi connectivity index (χ3v) is 5.59. The van der Waals surface area contributed by atoms with Gasteiger partial charge in [-0.2, -0.15) is 0 Å². The molecule has 0 heterocycles. The van der Waals surface area contributed by atoms with E-state index in [1.807, 2.05) is 0 Å².